The number of aromatic nitrogens is 2. The fraction of sp³-hybridized carbons (Fsp3) is 0. The Bertz CT molecular complexity index is 430. The summed E-state index contributed by atoms with van der Waals surface area (Å²) >= 11 is 0. The maximum absolute atomic E-state index is 12.6. The molecule has 0 saturated carbocycles. The molecule has 1 aromatic heterocycles. The highest BCUT2D eigenvalue weighted by molar-refractivity contribution is 6.37. The summed E-state index contributed by atoms with van der Waals surface area (Å²) in [6.07, 6.45) is 1.07. The van der Waals surface area contributed by atoms with Crippen LogP contribution in [0.1, 0.15) is 0 Å². The smallest absolute Gasteiger partial charge is 0.231 e. The summed E-state index contributed by atoms with van der Waals surface area (Å²) < 4.78 is 12.6. The Morgan fingerprint density at radius 1 is 1.33 bits per heavy atom. The van der Waals surface area contributed by atoms with Crippen LogP contribution in [0.2, 0.25) is 0 Å². The molecular formula is C8H4BFN2. The van der Waals surface area contributed by atoms with E-state index in [0.717, 1.165) is 6.20 Å². The summed E-state index contributed by atoms with van der Waals surface area (Å²) in [5, 5.41) is 0. The van der Waals surface area contributed by atoms with E-state index in [1.807, 2.05) is 0 Å². The van der Waals surface area contributed by atoms with Gasteiger partial charge in [-0.05, 0) is 6.07 Å². The molecule has 0 aliphatic rings. The number of hydrogen-bond donors (Lipinski definition) is 0. The summed E-state index contributed by atoms with van der Waals surface area (Å²) in [4.78, 5) is 7.45. The van der Waals surface area contributed by atoms with Gasteiger partial charge < -0.3 is 0 Å². The Morgan fingerprint density at radius 2 is 2.17 bits per heavy atom. The Morgan fingerprint density at radius 3 is 3.00 bits per heavy atom. The van der Waals surface area contributed by atoms with Gasteiger partial charge >= 0.3 is 0 Å². The van der Waals surface area contributed by atoms with Crippen molar-refractivity contribution in [2.75, 3.05) is 0 Å². The summed E-state index contributed by atoms with van der Waals surface area (Å²) in [7, 11) is 5.56. The largest absolute Gasteiger partial charge is 0.250 e. The normalized spacial score (nSPS) is 10.4. The predicted molar refractivity (Wildman–Crippen MR) is 44.9 cm³/mol. The Hall–Kier alpha value is -1.45. The number of halogens is 1. The molecule has 4 heteroatoms. The van der Waals surface area contributed by atoms with E-state index in [0.29, 0.717) is 16.5 Å². The first-order valence-electron chi connectivity index (χ1n) is 3.44. The lowest BCUT2D eigenvalue weighted by molar-refractivity contribution is 0.583. The molecular weight excluding hydrogens is 154 g/mol. The summed E-state index contributed by atoms with van der Waals surface area (Å²) in [6, 6.07) is 5.15. The molecule has 56 valence electrons. The van der Waals surface area contributed by atoms with Crippen molar-refractivity contribution in [2.45, 2.75) is 0 Å². The zero-order valence-electron chi connectivity index (χ0n) is 6.16. The van der Waals surface area contributed by atoms with Crippen LogP contribution < -0.4 is 5.46 Å². The van der Waals surface area contributed by atoms with Gasteiger partial charge in [0.05, 0.1) is 17.2 Å². The number of rotatable bonds is 0. The van der Waals surface area contributed by atoms with Gasteiger partial charge in [0.15, 0.2) is 0 Å². The van der Waals surface area contributed by atoms with E-state index in [2.05, 4.69) is 9.97 Å². The molecule has 0 saturated heterocycles. The van der Waals surface area contributed by atoms with Gasteiger partial charge in [0, 0.05) is 0 Å². The fourth-order valence-corrected chi connectivity index (χ4v) is 1.03. The van der Waals surface area contributed by atoms with E-state index < -0.39 is 5.95 Å². The molecule has 12 heavy (non-hydrogen) atoms. The number of nitrogens with zero attached hydrogens (tertiary/aromatic N) is 2. The van der Waals surface area contributed by atoms with Crippen LogP contribution in [0, 0.1) is 5.95 Å². The van der Waals surface area contributed by atoms with E-state index in [1.54, 1.807) is 18.2 Å². The highest BCUT2D eigenvalue weighted by Gasteiger charge is 1.99. The van der Waals surface area contributed by atoms with E-state index in [9.17, 15) is 4.39 Å². The molecule has 2 radical (unpaired) electrons. The third-order valence-corrected chi connectivity index (χ3v) is 1.57. The molecule has 0 unspecified atom stereocenters. The molecule has 0 N–H and O–H groups in total. The van der Waals surface area contributed by atoms with Crippen molar-refractivity contribution in [3.63, 3.8) is 0 Å². The van der Waals surface area contributed by atoms with E-state index in [4.69, 9.17) is 7.85 Å². The molecule has 2 nitrogen and oxygen atoms in total. The molecule has 2 aromatic rings. The number of para-hydroxylation sites is 1. The lowest BCUT2D eigenvalue weighted by Crippen LogP contribution is -2.06. The van der Waals surface area contributed by atoms with Gasteiger partial charge in [0.2, 0.25) is 5.95 Å². The lowest BCUT2D eigenvalue weighted by atomic mass is 9.95. The Balaban J connectivity index is 2.88. The first-order chi connectivity index (χ1) is 5.77. The van der Waals surface area contributed by atoms with E-state index in [1.165, 1.54) is 0 Å². The van der Waals surface area contributed by atoms with Crippen LogP contribution in [0.5, 0.6) is 0 Å². The molecule has 1 aromatic carbocycles. The topological polar surface area (TPSA) is 25.8 Å². The molecule has 0 aliphatic carbocycles. The third-order valence-electron chi connectivity index (χ3n) is 1.57. The second-order valence-corrected chi connectivity index (χ2v) is 2.41. The van der Waals surface area contributed by atoms with Crippen LogP contribution in [0.4, 0.5) is 4.39 Å². The van der Waals surface area contributed by atoms with Crippen LogP contribution in [-0.2, 0) is 0 Å². The van der Waals surface area contributed by atoms with Gasteiger partial charge in [-0.1, -0.05) is 17.6 Å². The Kier molecular flexibility index (Phi) is 1.53. The second-order valence-electron chi connectivity index (χ2n) is 2.41. The van der Waals surface area contributed by atoms with Crippen molar-refractivity contribution < 1.29 is 4.39 Å². The molecule has 0 amide bonds. The Labute approximate surface area is 69.9 Å². The monoisotopic (exact) mass is 158 g/mol. The molecule has 2 rings (SSSR count). The molecule has 0 fully saturated rings. The first-order valence-corrected chi connectivity index (χ1v) is 3.44. The molecule has 1 heterocycles. The highest BCUT2D eigenvalue weighted by atomic mass is 19.1. The van der Waals surface area contributed by atoms with Gasteiger partial charge in [-0.3, -0.25) is 0 Å². The van der Waals surface area contributed by atoms with Crippen molar-refractivity contribution in [2.24, 2.45) is 0 Å². The SMILES string of the molecule is [B]c1cccc2ncc(F)nc12. The van der Waals surface area contributed by atoms with Crippen molar-refractivity contribution in [3.8, 4) is 0 Å². The number of fused-ring (bicyclic) bond motifs is 1. The minimum atomic E-state index is -0.611. The van der Waals surface area contributed by atoms with Crippen molar-refractivity contribution >= 4 is 24.3 Å². The third kappa shape index (κ3) is 1.05. The first kappa shape index (κ1) is 7.22. The average Bonchev–Trinajstić information content (AvgIpc) is 2.07. The predicted octanol–water partition coefficient (Wildman–Crippen LogP) is 0.563. The summed E-state index contributed by atoms with van der Waals surface area (Å²) in [6.45, 7) is 0. The molecule has 0 bridgehead atoms. The highest BCUT2D eigenvalue weighted by Crippen LogP contribution is 2.04. The maximum Gasteiger partial charge on any atom is 0.231 e. The fourth-order valence-electron chi connectivity index (χ4n) is 1.03. The van der Waals surface area contributed by atoms with E-state index >= 15 is 0 Å². The summed E-state index contributed by atoms with van der Waals surface area (Å²) in [5.41, 5.74) is 1.47. The average molecular weight is 158 g/mol. The van der Waals surface area contributed by atoms with E-state index in [-0.39, 0.29) is 0 Å². The lowest BCUT2D eigenvalue weighted by Gasteiger charge is -1.98. The van der Waals surface area contributed by atoms with Gasteiger partial charge in [0.1, 0.15) is 7.85 Å². The van der Waals surface area contributed by atoms with Gasteiger partial charge in [0.25, 0.3) is 0 Å². The second kappa shape index (κ2) is 2.55. The van der Waals surface area contributed by atoms with Gasteiger partial charge in [-0.25, -0.2) is 9.97 Å². The zero-order valence-corrected chi connectivity index (χ0v) is 6.16. The van der Waals surface area contributed by atoms with Crippen LogP contribution in [0.25, 0.3) is 11.0 Å². The molecule has 0 atom stereocenters. The van der Waals surface area contributed by atoms with Crippen LogP contribution in [0.3, 0.4) is 0 Å². The van der Waals surface area contributed by atoms with Crippen molar-refractivity contribution in [1.29, 1.82) is 0 Å². The van der Waals surface area contributed by atoms with Crippen molar-refractivity contribution in [1.82, 2.24) is 9.97 Å². The standard InChI is InChI=1S/C8H4BFN2/c9-5-2-1-3-6-8(5)12-7(10)4-11-6/h1-4H. The summed E-state index contributed by atoms with van der Waals surface area (Å²) in [5.74, 6) is -0.611. The number of hydrogen-bond acceptors (Lipinski definition) is 2. The van der Waals surface area contributed by atoms with Crippen LogP contribution in [-0.4, -0.2) is 17.8 Å². The van der Waals surface area contributed by atoms with Crippen LogP contribution in [0.15, 0.2) is 24.4 Å². The minimum absolute atomic E-state index is 0.414. The quantitative estimate of drug-likeness (QED) is 0.523. The van der Waals surface area contributed by atoms with Gasteiger partial charge in [-0.2, -0.15) is 4.39 Å². The maximum atomic E-state index is 12.6. The molecule has 0 spiro atoms. The van der Waals surface area contributed by atoms with Gasteiger partial charge in [-0.15, -0.1) is 0 Å². The van der Waals surface area contributed by atoms with Crippen LogP contribution >= 0.6 is 0 Å². The zero-order chi connectivity index (χ0) is 8.55. The van der Waals surface area contributed by atoms with Crippen molar-refractivity contribution in [3.05, 3.63) is 30.3 Å². The number of benzene rings is 1. The minimum Gasteiger partial charge on any atom is -0.250 e. The molecule has 0 aliphatic heterocycles.